The monoisotopic (exact) mass is 1020 g/mol. The average molecular weight is 1020 g/mol. The third-order valence-electron chi connectivity index (χ3n) is 10.4. The SMILES string of the molecule is CN(CCCC(=O)NCC#Cc1cn([C@@H]2O[C@H](COP(=O)(O)OP(=O)(O)OP(=O)(O)O)[C@@H](O)[C@H]2O)c(=O)nc1N)C(=O)c1ccccc1-c1c2ccc(=[N+](C)C)cc-2sc2cc(N(C)C)ccc12. The fourth-order valence-corrected chi connectivity index (χ4v) is 11.3. The molecule has 68 heavy (non-hydrogen) atoms. The summed E-state index contributed by atoms with van der Waals surface area (Å²) in [5.74, 6) is 4.41. The van der Waals surface area contributed by atoms with E-state index in [0.29, 0.717) is 16.6 Å². The molecule has 6 atom stereocenters. The van der Waals surface area contributed by atoms with Crippen LogP contribution >= 0.6 is 34.8 Å². The summed E-state index contributed by atoms with van der Waals surface area (Å²) < 4.78 is 55.6. The molecule has 0 radical (unpaired) electrons. The minimum atomic E-state index is -5.84. The maximum absolute atomic E-state index is 14.1. The molecule has 0 bridgehead atoms. The Morgan fingerprint density at radius 2 is 1.69 bits per heavy atom. The highest BCUT2D eigenvalue weighted by Crippen LogP contribution is 2.66. The Morgan fingerprint density at radius 1 is 0.971 bits per heavy atom. The van der Waals surface area contributed by atoms with Gasteiger partial charge in [0.2, 0.25) is 11.3 Å². The molecule has 3 aliphatic rings. The van der Waals surface area contributed by atoms with Gasteiger partial charge in [-0.2, -0.15) is 13.6 Å². The van der Waals surface area contributed by atoms with Crippen molar-refractivity contribution in [3.8, 4) is 33.4 Å². The first-order chi connectivity index (χ1) is 31.8. The van der Waals surface area contributed by atoms with Crippen LogP contribution in [-0.4, -0.2) is 129 Å². The third-order valence-corrected chi connectivity index (χ3v) is 15.3. The van der Waals surface area contributed by atoms with E-state index in [1.807, 2.05) is 55.9 Å². The van der Waals surface area contributed by atoms with Gasteiger partial charge in [-0.3, -0.25) is 18.7 Å². The number of rotatable bonds is 16. The predicted octanol–water partition coefficient (Wildman–Crippen LogP) is 1.89. The molecule has 1 aromatic heterocycles. The third kappa shape index (κ3) is 12.7. The van der Waals surface area contributed by atoms with Gasteiger partial charge in [0, 0.05) is 84.2 Å². The largest absolute Gasteiger partial charge is 0.490 e. The van der Waals surface area contributed by atoms with Gasteiger partial charge in [0.05, 0.1) is 18.7 Å². The number of benzene rings is 3. The topological polar surface area (TPSA) is 326 Å². The Kier molecular flexibility index (Phi) is 16.3. The summed E-state index contributed by atoms with van der Waals surface area (Å²) in [6, 6.07) is 20.1. The summed E-state index contributed by atoms with van der Waals surface area (Å²) in [5, 5.41) is 25.8. The van der Waals surface area contributed by atoms with Gasteiger partial charge in [0.25, 0.3) is 5.91 Å². The van der Waals surface area contributed by atoms with Crippen molar-refractivity contribution in [2.45, 2.75) is 37.4 Å². The first-order valence-electron chi connectivity index (χ1n) is 20.3. The molecule has 3 heterocycles. The van der Waals surface area contributed by atoms with Crippen molar-refractivity contribution in [1.29, 1.82) is 0 Å². The van der Waals surface area contributed by atoms with E-state index in [1.165, 1.54) is 0 Å². The van der Waals surface area contributed by atoms with Crippen LogP contribution in [0.3, 0.4) is 0 Å². The predicted molar refractivity (Wildman–Crippen MR) is 250 cm³/mol. The molecule has 23 nitrogen and oxygen atoms in total. The molecule has 9 N–H and O–H groups in total. The number of carbonyl (C=O) groups excluding carboxylic acids is 2. The summed E-state index contributed by atoms with van der Waals surface area (Å²) in [4.78, 5) is 84.5. The van der Waals surface area contributed by atoms with Crippen molar-refractivity contribution < 1.29 is 71.0 Å². The number of phosphoric acid groups is 3. The van der Waals surface area contributed by atoms with E-state index in [9.17, 15) is 48.1 Å². The molecule has 0 spiro atoms. The van der Waals surface area contributed by atoms with Gasteiger partial charge < -0.3 is 55.4 Å². The number of anilines is 2. The summed E-state index contributed by atoms with van der Waals surface area (Å²) in [6.07, 6.45) is -5.77. The molecule has 6 rings (SSSR count). The number of carbonyl (C=O) groups is 2. The van der Waals surface area contributed by atoms with Gasteiger partial charge in [0.1, 0.15) is 38.2 Å². The van der Waals surface area contributed by atoms with Crippen molar-refractivity contribution in [3.05, 3.63) is 93.8 Å². The molecule has 1 fully saturated rings. The standard InChI is InChI=1S/C41H48N7O16P3S/c1-45(2)25-14-16-29-32(20-25)68-33-21-26(46(3)4)15-17-30(33)35(29)27-11-6-7-12-28(27)39(52)47(5)19-9-13-34(49)43-18-8-10-24-22-48(41(53)44-38(24)42)40-37(51)36(50)31(62-40)23-61-66(57,58)64-67(59,60)63-65(54,55)56/h6-7,11-12,14-17,20-22,31,36-37,40,50-51H,9,13,18-19,23H2,1-5H3,(H6-,42,43,44,49,53,54,55,56,57,58,59,60)/p+1/t31-,36-,37-,40-/m1/s1. The normalized spacial score (nSPS) is 18.9. The minimum absolute atomic E-state index is 0.0513. The molecule has 364 valence electrons. The zero-order valence-corrected chi connectivity index (χ0v) is 40.5. The van der Waals surface area contributed by atoms with Crippen LogP contribution in [0.1, 0.15) is 35.0 Å². The van der Waals surface area contributed by atoms with Crippen LogP contribution in [0.15, 0.2) is 71.7 Å². The van der Waals surface area contributed by atoms with Crippen LogP contribution in [0.2, 0.25) is 0 Å². The molecule has 2 aromatic carbocycles. The number of nitrogens with one attached hydrogen (secondary N) is 1. The number of nitrogens with two attached hydrogens (primary N) is 1. The Balaban J connectivity index is 1.07. The number of amides is 2. The van der Waals surface area contributed by atoms with Gasteiger partial charge in [-0.05, 0) is 41.8 Å². The average Bonchev–Trinajstić information content (AvgIpc) is 3.53. The lowest BCUT2D eigenvalue weighted by atomic mass is 9.91. The maximum atomic E-state index is 14.1. The van der Waals surface area contributed by atoms with Crippen LogP contribution in [0.4, 0.5) is 11.5 Å². The van der Waals surface area contributed by atoms with Crippen LogP contribution in [0.5, 0.6) is 0 Å². The molecule has 2 unspecified atom stereocenters. The lowest BCUT2D eigenvalue weighted by Gasteiger charge is -2.22. The minimum Gasteiger partial charge on any atom is -0.387 e. The van der Waals surface area contributed by atoms with E-state index >= 15 is 0 Å². The second kappa shape index (κ2) is 21.2. The lowest BCUT2D eigenvalue weighted by Crippen LogP contribution is -2.36. The highest BCUT2D eigenvalue weighted by Gasteiger charge is 2.47. The van der Waals surface area contributed by atoms with Gasteiger partial charge >= 0.3 is 29.2 Å². The summed E-state index contributed by atoms with van der Waals surface area (Å²) in [7, 11) is -7.46. The summed E-state index contributed by atoms with van der Waals surface area (Å²) in [5.41, 5.74) is 9.07. The zero-order valence-electron chi connectivity index (χ0n) is 37.0. The van der Waals surface area contributed by atoms with Crippen LogP contribution in [-0.2, 0) is 36.4 Å². The molecular formula is C41H49N7O16P3S+. The van der Waals surface area contributed by atoms with E-state index in [1.54, 1.807) is 29.4 Å². The van der Waals surface area contributed by atoms with Gasteiger partial charge in [0.15, 0.2) is 6.23 Å². The molecule has 2 aliphatic heterocycles. The molecule has 3 aromatic rings. The summed E-state index contributed by atoms with van der Waals surface area (Å²) in [6.45, 7) is -1.03. The van der Waals surface area contributed by atoms with Crippen molar-refractivity contribution in [1.82, 2.24) is 24.3 Å². The molecule has 27 heteroatoms. The van der Waals surface area contributed by atoms with Crippen molar-refractivity contribution in [3.63, 3.8) is 0 Å². The van der Waals surface area contributed by atoms with Crippen LogP contribution in [0, 0.1) is 11.8 Å². The number of aliphatic hydroxyl groups excluding tert-OH is 2. The quantitative estimate of drug-likeness (QED) is 0.0303. The number of nitrogens with zero attached hydrogens (tertiary/aromatic N) is 5. The number of aliphatic hydroxyl groups is 2. The second-order valence-corrected chi connectivity index (χ2v) is 21.2. The maximum Gasteiger partial charge on any atom is 0.490 e. The number of hydrogen-bond donors (Lipinski definition) is 8. The number of nitrogen functional groups attached to an aromatic ring is 1. The van der Waals surface area contributed by atoms with Crippen molar-refractivity contribution in [2.24, 2.45) is 0 Å². The van der Waals surface area contributed by atoms with E-state index < -0.39 is 60.3 Å². The highest BCUT2D eigenvalue weighted by atomic mass is 32.1. The number of hydrogen-bond acceptors (Lipinski definition) is 16. The number of aromatic nitrogens is 2. The fraction of sp³-hybridized carbons (Fsp3) is 0.341. The number of phosphoric ester groups is 1. The van der Waals surface area contributed by atoms with Gasteiger partial charge in [-0.15, -0.1) is 11.3 Å². The molecular weight excluding hydrogens is 971 g/mol. The zero-order chi connectivity index (χ0) is 49.9. The second-order valence-electron chi connectivity index (χ2n) is 15.7. The van der Waals surface area contributed by atoms with Crippen molar-refractivity contribution >= 4 is 68.2 Å². The molecule has 1 aliphatic carbocycles. The van der Waals surface area contributed by atoms with Crippen molar-refractivity contribution in [2.75, 3.05) is 65.6 Å². The van der Waals surface area contributed by atoms with E-state index in [-0.39, 0.29) is 42.7 Å². The Labute approximate surface area is 392 Å². The van der Waals surface area contributed by atoms with Crippen LogP contribution in [0.25, 0.3) is 31.7 Å². The van der Waals surface area contributed by atoms with Gasteiger partial charge in [-0.1, -0.05) is 36.1 Å². The van der Waals surface area contributed by atoms with E-state index in [0.717, 1.165) is 48.9 Å². The van der Waals surface area contributed by atoms with E-state index in [2.05, 4.69) is 71.7 Å². The van der Waals surface area contributed by atoms with E-state index in [4.69, 9.17) is 20.3 Å². The summed E-state index contributed by atoms with van der Waals surface area (Å²) >= 11 is 1.69. The Bertz CT molecular complexity index is 3060. The smallest absolute Gasteiger partial charge is 0.387 e. The Hall–Kier alpha value is -5.18. The highest BCUT2D eigenvalue weighted by molar-refractivity contribution is 7.66. The first-order valence-corrected chi connectivity index (χ1v) is 25.7. The fourth-order valence-electron chi connectivity index (χ4n) is 7.08. The van der Waals surface area contributed by atoms with Gasteiger partial charge in [-0.25, -0.2) is 23.1 Å². The Morgan fingerprint density at radius 3 is 2.38 bits per heavy atom. The first kappa shape index (κ1) is 52.2. The molecule has 0 saturated carbocycles. The number of fused-ring (bicyclic) bond motifs is 2. The molecule has 2 amide bonds. The number of ether oxygens (including phenoxy) is 1. The lowest BCUT2D eigenvalue weighted by molar-refractivity contribution is -0.121. The molecule has 1 saturated heterocycles. The van der Waals surface area contributed by atoms with Crippen LogP contribution < -0.4 is 31.6 Å².